The van der Waals surface area contributed by atoms with Crippen LogP contribution in [0.4, 0.5) is 5.69 Å². The first-order valence-corrected chi connectivity index (χ1v) is 12.4. The second-order valence-electron chi connectivity index (χ2n) is 9.43. The molecule has 2 nitrogen and oxygen atoms in total. The zero-order chi connectivity index (χ0) is 22.9. The minimum absolute atomic E-state index is 0.885. The molecule has 0 aromatic heterocycles. The van der Waals surface area contributed by atoms with E-state index in [0.29, 0.717) is 0 Å². The Morgan fingerprint density at radius 2 is 1.32 bits per heavy atom. The maximum Gasteiger partial charge on any atom is 0.102 e. The Balaban J connectivity index is 1.56. The van der Waals surface area contributed by atoms with Crippen molar-refractivity contribution in [2.24, 2.45) is 0 Å². The summed E-state index contributed by atoms with van der Waals surface area (Å²) in [4.78, 5) is 2.45. The molecule has 0 spiro atoms. The van der Waals surface area contributed by atoms with Gasteiger partial charge in [0, 0.05) is 13.1 Å². The van der Waals surface area contributed by atoms with E-state index >= 15 is 0 Å². The van der Waals surface area contributed by atoms with Crippen molar-refractivity contribution in [1.29, 1.82) is 5.26 Å². The zero-order valence-electron chi connectivity index (χ0n) is 19.4. The van der Waals surface area contributed by atoms with Crippen molar-refractivity contribution in [3.8, 4) is 39.4 Å². The van der Waals surface area contributed by atoms with Crippen LogP contribution in [0.25, 0.3) is 33.4 Å². The summed E-state index contributed by atoms with van der Waals surface area (Å²) < 4.78 is 0. The number of nitriles is 1. The third kappa shape index (κ3) is 3.58. The van der Waals surface area contributed by atoms with E-state index in [2.05, 4.69) is 95.9 Å². The van der Waals surface area contributed by atoms with E-state index in [1.54, 1.807) is 0 Å². The molecule has 1 aliphatic carbocycles. The Bertz CT molecular complexity index is 1370. The fraction of sp³-hybridized carbons (Fsp3) is 0.219. The van der Waals surface area contributed by atoms with Crippen LogP contribution in [-0.2, 0) is 12.8 Å². The number of hydrogen-bond acceptors (Lipinski definition) is 2. The molecule has 6 rings (SSSR count). The van der Waals surface area contributed by atoms with Crippen LogP contribution < -0.4 is 4.90 Å². The SMILES string of the molecule is N#Cc1c(N2CCCCC2)cc(-c2ccc(-c3ccccc3)cc2)c2c1CCc1ccccc1-2. The van der Waals surface area contributed by atoms with Crippen LogP contribution >= 0.6 is 0 Å². The summed E-state index contributed by atoms with van der Waals surface area (Å²) in [5.74, 6) is 0. The van der Waals surface area contributed by atoms with Gasteiger partial charge in [-0.25, -0.2) is 0 Å². The third-order valence-electron chi connectivity index (χ3n) is 7.45. The second kappa shape index (κ2) is 8.84. The van der Waals surface area contributed by atoms with E-state index in [1.807, 2.05) is 0 Å². The molecular weight excluding hydrogens is 412 g/mol. The Morgan fingerprint density at radius 1 is 0.647 bits per heavy atom. The fourth-order valence-corrected chi connectivity index (χ4v) is 5.73. The van der Waals surface area contributed by atoms with Gasteiger partial charge in [0.25, 0.3) is 0 Å². The van der Waals surface area contributed by atoms with Gasteiger partial charge in [-0.2, -0.15) is 5.26 Å². The van der Waals surface area contributed by atoms with Crippen LogP contribution in [0.3, 0.4) is 0 Å². The van der Waals surface area contributed by atoms with Gasteiger partial charge in [-0.15, -0.1) is 0 Å². The number of benzene rings is 4. The molecule has 2 aliphatic rings. The van der Waals surface area contributed by atoms with Crippen LogP contribution in [0.15, 0.2) is 84.9 Å². The molecule has 0 bridgehead atoms. The molecule has 1 fully saturated rings. The van der Waals surface area contributed by atoms with Gasteiger partial charge in [0.15, 0.2) is 0 Å². The zero-order valence-corrected chi connectivity index (χ0v) is 19.4. The third-order valence-corrected chi connectivity index (χ3v) is 7.45. The number of aryl methyl sites for hydroxylation is 1. The summed E-state index contributed by atoms with van der Waals surface area (Å²) in [5, 5.41) is 10.3. The minimum Gasteiger partial charge on any atom is -0.370 e. The first-order valence-electron chi connectivity index (χ1n) is 12.4. The summed E-state index contributed by atoms with van der Waals surface area (Å²) >= 11 is 0. The van der Waals surface area contributed by atoms with E-state index in [4.69, 9.17) is 0 Å². The molecule has 0 radical (unpaired) electrons. The average Bonchev–Trinajstić information content (AvgIpc) is 2.93. The van der Waals surface area contributed by atoms with Crippen LogP contribution in [-0.4, -0.2) is 13.1 Å². The lowest BCUT2D eigenvalue weighted by molar-refractivity contribution is 0.577. The molecule has 0 saturated carbocycles. The second-order valence-corrected chi connectivity index (χ2v) is 9.43. The molecule has 0 N–H and O–H groups in total. The predicted octanol–water partition coefficient (Wildman–Crippen LogP) is 7.65. The smallest absolute Gasteiger partial charge is 0.102 e. The van der Waals surface area contributed by atoms with E-state index < -0.39 is 0 Å². The predicted molar refractivity (Wildman–Crippen MR) is 141 cm³/mol. The highest BCUT2D eigenvalue weighted by Gasteiger charge is 2.27. The Morgan fingerprint density at radius 3 is 2.09 bits per heavy atom. The number of rotatable bonds is 3. The molecule has 0 unspecified atom stereocenters. The van der Waals surface area contributed by atoms with Gasteiger partial charge in [-0.05, 0) is 82.7 Å². The molecule has 1 heterocycles. The van der Waals surface area contributed by atoms with E-state index in [-0.39, 0.29) is 0 Å². The topological polar surface area (TPSA) is 27.0 Å². The lowest BCUT2D eigenvalue weighted by Gasteiger charge is -2.33. The molecule has 166 valence electrons. The number of anilines is 1. The first-order chi connectivity index (χ1) is 16.8. The fourth-order valence-electron chi connectivity index (χ4n) is 5.73. The van der Waals surface area contributed by atoms with Crippen LogP contribution in [0.1, 0.15) is 36.0 Å². The van der Waals surface area contributed by atoms with Gasteiger partial charge in [0.2, 0.25) is 0 Å². The Hall–Kier alpha value is -3.83. The maximum atomic E-state index is 10.3. The highest BCUT2D eigenvalue weighted by Crippen LogP contribution is 2.46. The van der Waals surface area contributed by atoms with Crippen LogP contribution in [0.2, 0.25) is 0 Å². The Kier molecular flexibility index (Phi) is 5.40. The summed E-state index contributed by atoms with van der Waals surface area (Å²) in [5.41, 5.74) is 12.1. The molecule has 4 aromatic rings. The molecule has 34 heavy (non-hydrogen) atoms. The highest BCUT2D eigenvalue weighted by molar-refractivity contribution is 5.93. The van der Waals surface area contributed by atoms with Crippen molar-refractivity contribution in [2.45, 2.75) is 32.1 Å². The monoisotopic (exact) mass is 440 g/mol. The molecule has 2 heteroatoms. The van der Waals surface area contributed by atoms with Gasteiger partial charge in [-0.3, -0.25) is 0 Å². The largest absolute Gasteiger partial charge is 0.370 e. The number of nitrogens with zero attached hydrogens (tertiary/aromatic N) is 2. The van der Waals surface area contributed by atoms with Crippen molar-refractivity contribution in [1.82, 2.24) is 0 Å². The summed E-state index contributed by atoms with van der Waals surface area (Å²) in [6.07, 6.45) is 5.60. The highest BCUT2D eigenvalue weighted by atomic mass is 15.1. The normalized spacial score (nSPS) is 14.7. The van der Waals surface area contributed by atoms with Gasteiger partial charge in [-0.1, -0.05) is 78.9 Å². The van der Waals surface area contributed by atoms with Crippen molar-refractivity contribution >= 4 is 5.69 Å². The van der Waals surface area contributed by atoms with E-state index in [9.17, 15) is 5.26 Å². The van der Waals surface area contributed by atoms with Crippen molar-refractivity contribution in [3.05, 3.63) is 102 Å². The minimum atomic E-state index is 0.885. The van der Waals surface area contributed by atoms with Gasteiger partial charge < -0.3 is 4.90 Å². The summed E-state index contributed by atoms with van der Waals surface area (Å²) in [6, 6.07) is 33.2. The van der Waals surface area contributed by atoms with Crippen molar-refractivity contribution in [3.63, 3.8) is 0 Å². The average molecular weight is 441 g/mol. The lowest BCUT2D eigenvalue weighted by Crippen LogP contribution is -2.30. The van der Waals surface area contributed by atoms with Gasteiger partial charge >= 0.3 is 0 Å². The van der Waals surface area contributed by atoms with Gasteiger partial charge in [0.1, 0.15) is 6.07 Å². The molecule has 1 saturated heterocycles. The lowest BCUT2D eigenvalue weighted by atomic mass is 9.78. The summed E-state index contributed by atoms with van der Waals surface area (Å²) in [7, 11) is 0. The number of fused-ring (bicyclic) bond motifs is 3. The quantitative estimate of drug-likeness (QED) is 0.327. The van der Waals surface area contributed by atoms with E-state index in [1.165, 1.54) is 63.8 Å². The number of hydrogen-bond donors (Lipinski definition) is 0. The molecule has 4 aromatic carbocycles. The molecular formula is C32H28N2. The molecule has 1 aliphatic heterocycles. The molecule has 0 amide bonds. The van der Waals surface area contributed by atoms with Crippen molar-refractivity contribution < 1.29 is 0 Å². The Labute approximate surface area is 202 Å². The summed E-state index contributed by atoms with van der Waals surface area (Å²) in [6.45, 7) is 2.08. The molecule has 0 atom stereocenters. The first kappa shape index (κ1) is 20.8. The van der Waals surface area contributed by atoms with Crippen LogP contribution in [0, 0.1) is 11.3 Å². The van der Waals surface area contributed by atoms with E-state index in [0.717, 1.165) is 37.2 Å². The van der Waals surface area contributed by atoms with Crippen LogP contribution in [0.5, 0.6) is 0 Å². The maximum absolute atomic E-state index is 10.3. The number of piperidine rings is 1. The van der Waals surface area contributed by atoms with Crippen molar-refractivity contribution in [2.75, 3.05) is 18.0 Å². The standard InChI is InChI=1S/C32H28N2/c33-22-30-28-18-17-25-11-5-6-12-27(25)32(28)29(21-31(30)34-19-7-2-8-20-34)26-15-13-24(14-16-26)23-9-3-1-4-10-23/h1,3-6,9-16,21H,2,7-8,17-20H2. The van der Waals surface area contributed by atoms with Gasteiger partial charge in [0.05, 0.1) is 11.3 Å².